The number of pyridine rings is 1. The Morgan fingerprint density at radius 1 is 0.971 bits per heavy atom. The van der Waals surface area contributed by atoms with Gasteiger partial charge in [-0.3, -0.25) is 19.0 Å². The second-order valence-electron chi connectivity index (χ2n) is 8.19. The summed E-state index contributed by atoms with van der Waals surface area (Å²) in [5.74, 6) is 0.853. The van der Waals surface area contributed by atoms with E-state index in [0.717, 1.165) is 33.5 Å². The Labute approximate surface area is 202 Å². The maximum atomic E-state index is 13.1. The number of nitrogens with zero attached hydrogens (tertiary/aromatic N) is 5. The SMILES string of the molecule is COc1cc(-n2cnc3cc(-c4cnn(C)c4)ccc32)cc(OC)c1C(=O)CCc1ccccn1. The van der Waals surface area contributed by atoms with Crippen molar-refractivity contribution in [1.82, 2.24) is 24.3 Å². The van der Waals surface area contributed by atoms with Crippen molar-refractivity contribution in [2.75, 3.05) is 14.2 Å². The average Bonchev–Trinajstić information content (AvgIpc) is 3.52. The topological polar surface area (TPSA) is 84.1 Å². The highest BCUT2D eigenvalue weighted by molar-refractivity contribution is 6.02. The van der Waals surface area contributed by atoms with Crippen LogP contribution in [0.5, 0.6) is 11.5 Å². The monoisotopic (exact) mass is 467 g/mol. The van der Waals surface area contributed by atoms with E-state index in [1.54, 1.807) is 31.4 Å². The summed E-state index contributed by atoms with van der Waals surface area (Å²) in [5, 5.41) is 4.25. The third-order valence-electron chi connectivity index (χ3n) is 5.97. The Morgan fingerprint density at radius 3 is 2.43 bits per heavy atom. The van der Waals surface area contributed by atoms with Crippen molar-refractivity contribution < 1.29 is 14.3 Å². The molecule has 0 amide bonds. The molecule has 8 heteroatoms. The van der Waals surface area contributed by atoms with E-state index in [1.165, 1.54) is 0 Å². The molecule has 0 bridgehead atoms. The van der Waals surface area contributed by atoms with E-state index in [2.05, 4.69) is 15.1 Å². The van der Waals surface area contributed by atoms with E-state index >= 15 is 0 Å². The van der Waals surface area contributed by atoms with Gasteiger partial charge in [-0.05, 0) is 36.2 Å². The predicted octanol–water partition coefficient (Wildman–Crippen LogP) is 4.65. The highest BCUT2D eigenvalue weighted by Gasteiger charge is 2.21. The maximum absolute atomic E-state index is 13.1. The number of ether oxygens (including phenoxy) is 2. The van der Waals surface area contributed by atoms with E-state index < -0.39 is 0 Å². The highest BCUT2D eigenvalue weighted by atomic mass is 16.5. The van der Waals surface area contributed by atoms with E-state index in [-0.39, 0.29) is 5.78 Å². The number of aromatic nitrogens is 5. The highest BCUT2D eigenvalue weighted by Crippen LogP contribution is 2.35. The Kier molecular flexibility index (Phi) is 6.01. The fourth-order valence-electron chi connectivity index (χ4n) is 4.19. The van der Waals surface area contributed by atoms with Gasteiger partial charge in [0.05, 0.1) is 37.1 Å². The lowest BCUT2D eigenvalue weighted by molar-refractivity contribution is 0.0976. The summed E-state index contributed by atoms with van der Waals surface area (Å²) >= 11 is 0. The number of ketones is 1. The first kappa shape index (κ1) is 22.3. The van der Waals surface area contributed by atoms with Gasteiger partial charge in [0.25, 0.3) is 0 Å². The van der Waals surface area contributed by atoms with Crippen molar-refractivity contribution in [2.45, 2.75) is 12.8 Å². The molecule has 0 saturated carbocycles. The van der Waals surface area contributed by atoms with Gasteiger partial charge in [-0.1, -0.05) is 12.1 Å². The summed E-state index contributed by atoms with van der Waals surface area (Å²) in [6.07, 6.45) is 8.13. The van der Waals surface area contributed by atoms with Crippen LogP contribution in [-0.2, 0) is 13.5 Å². The van der Waals surface area contributed by atoms with Crippen LogP contribution in [0.15, 0.2) is 73.4 Å². The van der Waals surface area contributed by atoms with E-state index in [1.807, 2.05) is 72.5 Å². The molecule has 176 valence electrons. The molecular formula is C27H25N5O3. The number of carbonyl (C=O) groups is 1. The second kappa shape index (κ2) is 9.42. The van der Waals surface area contributed by atoms with Crippen molar-refractivity contribution in [3.8, 4) is 28.3 Å². The first-order valence-corrected chi connectivity index (χ1v) is 11.2. The van der Waals surface area contributed by atoms with Gasteiger partial charge in [-0.25, -0.2) is 4.98 Å². The number of Topliss-reactive ketones (excluding diaryl/α,β-unsaturated/α-hetero) is 1. The van der Waals surface area contributed by atoms with Crippen LogP contribution in [0.1, 0.15) is 22.5 Å². The Morgan fingerprint density at radius 2 is 1.77 bits per heavy atom. The largest absolute Gasteiger partial charge is 0.496 e. The smallest absolute Gasteiger partial charge is 0.170 e. The molecule has 0 unspecified atom stereocenters. The molecule has 0 aliphatic heterocycles. The number of rotatable bonds is 8. The molecule has 0 aliphatic rings. The van der Waals surface area contributed by atoms with Gasteiger partial charge in [0.2, 0.25) is 0 Å². The Balaban J connectivity index is 1.49. The molecule has 0 atom stereocenters. The number of imidazole rings is 1. The van der Waals surface area contributed by atoms with Crippen LogP contribution >= 0.6 is 0 Å². The molecule has 0 fully saturated rings. The van der Waals surface area contributed by atoms with Crippen molar-refractivity contribution in [2.24, 2.45) is 7.05 Å². The van der Waals surface area contributed by atoms with Gasteiger partial charge in [0, 0.05) is 49.3 Å². The fraction of sp³-hybridized carbons (Fsp3) is 0.185. The lowest BCUT2D eigenvalue weighted by Gasteiger charge is -2.15. The lowest BCUT2D eigenvalue weighted by atomic mass is 10.0. The zero-order chi connectivity index (χ0) is 24.4. The maximum Gasteiger partial charge on any atom is 0.170 e. The van der Waals surface area contributed by atoms with Crippen LogP contribution in [-0.4, -0.2) is 44.3 Å². The average molecular weight is 468 g/mol. The number of aryl methyl sites for hydroxylation is 2. The van der Waals surface area contributed by atoms with Gasteiger partial charge in [-0.15, -0.1) is 0 Å². The minimum absolute atomic E-state index is 0.0625. The molecule has 35 heavy (non-hydrogen) atoms. The zero-order valence-corrected chi connectivity index (χ0v) is 19.8. The van der Waals surface area contributed by atoms with Crippen molar-refractivity contribution >= 4 is 16.8 Å². The molecule has 5 aromatic rings. The lowest BCUT2D eigenvalue weighted by Crippen LogP contribution is -2.08. The first-order chi connectivity index (χ1) is 17.1. The summed E-state index contributed by atoms with van der Waals surface area (Å²) in [6.45, 7) is 0. The van der Waals surface area contributed by atoms with E-state index in [0.29, 0.717) is 29.9 Å². The number of hydrogen-bond donors (Lipinski definition) is 0. The summed E-state index contributed by atoms with van der Waals surface area (Å²) in [6, 6.07) is 15.5. The molecule has 2 aromatic carbocycles. The van der Waals surface area contributed by atoms with Gasteiger partial charge in [0.15, 0.2) is 5.78 Å². The number of hydrogen-bond acceptors (Lipinski definition) is 6. The Bertz CT molecular complexity index is 1480. The minimum atomic E-state index is -0.0625. The number of carbonyl (C=O) groups excluding carboxylic acids is 1. The van der Waals surface area contributed by atoms with Crippen molar-refractivity contribution in [1.29, 1.82) is 0 Å². The third kappa shape index (κ3) is 4.38. The molecule has 0 spiro atoms. The summed E-state index contributed by atoms with van der Waals surface area (Å²) < 4.78 is 15.0. The van der Waals surface area contributed by atoms with Crippen LogP contribution in [0.3, 0.4) is 0 Å². The molecule has 3 heterocycles. The first-order valence-electron chi connectivity index (χ1n) is 11.2. The molecule has 5 rings (SSSR count). The quantitative estimate of drug-likeness (QED) is 0.309. The van der Waals surface area contributed by atoms with Crippen LogP contribution in [0.4, 0.5) is 0 Å². The van der Waals surface area contributed by atoms with Gasteiger partial charge in [0.1, 0.15) is 23.4 Å². The second-order valence-corrected chi connectivity index (χ2v) is 8.19. The van der Waals surface area contributed by atoms with Crippen molar-refractivity contribution in [3.63, 3.8) is 0 Å². The number of fused-ring (bicyclic) bond motifs is 1. The van der Waals surface area contributed by atoms with Crippen LogP contribution < -0.4 is 9.47 Å². The van der Waals surface area contributed by atoms with E-state index in [4.69, 9.17) is 9.47 Å². The summed E-state index contributed by atoms with van der Waals surface area (Å²) in [5.41, 5.74) is 5.93. The van der Waals surface area contributed by atoms with Crippen LogP contribution in [0.2, 0.25) is 0 Å². The number of benzene rings is 2. The molecule has 8 nitrogen and oxygen atoms in total. The molecular weight excluding hydrogens is 442 g/mol. The molecule has 0 saturated heterocycles. The predicted molar refractivity (Wildman–Crippen MR) is 133 cm³/mol. The van der Waals surface area contributed by atoms with E-state index in [9.17, 15) is 4.79 Å². The standard InChI is InChI=1S/C27H25N5O3/c1-31-16-19(15-30-31)18-7-9-23-22(12-18)29-17-32(23)21-13-25(34-2)27(26(14-21)35-3)24(33)10-8-20-6-4-5-11-28-20/h4-7,9,11-17H,8,10H2,1-3H3. The Hall–Kier alpha value is -4.46. The molecule has 0 aliphatic carbocycles. The zero-order valence-electron chi connectivity index (χ0n) is 19.8. The van der Waals surface area contributed by atoms with Crippen molar-refractivity contribution in [3.05, 3.63) is 84.7 Å². The third-order valence-corrected chi connectivity index (χ3v) is 5.97. The normalized spacial score (nSPS) is 11.1. The van der Waals surface area contributed by atoms with Crippen LogP contribution in [0.25, 0.3) is 27.8 Å². The summed E-state index contributed by atoms with van der Waals surface area (Å²) in [7, 11) is 5.01. The van der Waals surface area contributed by atoms with Gasteiger partial charge < -0.3 is 9.47 Å². The number of methoxy groups -OCH3 is 2. The fourth-order valence-corrected chi connectivity index (χ4v) is 4.19. The summed E-state index contributed by atoms with van der Waals surface area (Å²) in [4.78, 5) is 22.1. The van der Waals surface area contributed by atoms with Gasteiger partial charge >= 0.3 is 0 Å². The molecule has 0 radical (unpaired) electrons. The van der Waals surface area contributed by atoms with Gasteiger partial charge in [-0.2, -0.15) is 5.10 Å². The van der Waals surface area contributed by atoms with Crippen LogP contribution in [0, 0.1) is 0 Å². The molecule has 3 aromatic heterocycles. The molecule has 0 N–H and O–H groups in total. The minimum Gasteiger partial charge on any atom is -0.496 e.